The van der Waals surface area contributed by atoms with E-state index in [0.717, 1.165) is 39.9 Å². The highest BCUT2D eigenvalue weighted by molar-refractivity contribution is 7.13. The van der Waals surface area contributed by atoms with Gasteiger partial charge in [0.15, 0.2) is 5.65 Å². The summed E-state index contributed by atoms with van der Waals surface area (Å²) < 4.78 is 0. The molecular weight excluding hydrogens is 328 g/mol. The van der Waals surface area contributed by atoms with Crippen LogP contribution in [0.4, 0.5) is 5.82 Å². The molecule has 0 saturated carbocycles. The van der Waals surface area contributed by atoms with Gasteiger partial charge in [0.25, 0.3) is 0 Å². The van der Waals surface area contributed by atoms with Gasteiger partial charge in [-0.2, -0.15) is 0 Å². The maximum Gasteiger partial charge on any atom is 0.165 e. The fourth-order valence-corrected chi connectivity index (χ4v) is 3.69. The third-order valence-corrected chi connectivity index (χ3v) is 5.09. The Bertz CT molecular complexity index is 1010. The second-order valence-corrected chi connectivity index (χ2v) is 6.89. The van der Waals surface area contributed by atoms with Crippen LogP contribution in [0.25, 0.3) is 32.7 Å². The first-order chi connectivity index (χ1) is 12.3. The van der Waals surface area contributed by atoms with Gasteiger partial charge < -0.3 is 5.73 Å². The zero-order valence-corrected chi connectivity index (χ0v) is 14.8. The van der Waals surface area contributed by atoms with Crippen LogP contribution in [0.1, 0.15) is 18.9 Å². The van der Waals surface area contributed by atoms with Gasteiger partial charge in [0.1, 0.15) is 12.1 Å². The minimum absolute atomic E-state index is 0.457. The number of hydrogen-bond donors (Lipinski definition) is 1. The van der Waals surface area contributed by atoms with Gasteiger partial charge in [-0.15, -0.1) is 11.3 Å². The fraction of sp³-hybridized carbons (Fsp3) is 0.150. The van der Waals surface area contributed by atoms with Gasteiger partial charge in [0.2, 0.25) is 0 Å². The second kappa shape index (κ2) is 6.61. The molecule has 4 nitrogen and oxygen atoms in total. The first-order valence-corrected chi connectivity index (χ1v) is 9.18. The number of nitrogens with zero attached hydrogens (tertiary/aromatic N) is 3. The minimum Gasteiger partial charge on any atom is -0.383 e. The van der Waals surface area contributed by atoms with E-state index in [4.69, 9.17) is 10.7 Å². The van der Waals surface area contributed by atoms with Gasteiger partial charge in [-0.25, -0.2) is 15.0 Å². The van der Waals surface area contributed by atoms with E-state index in [1.54, 1.807) is 11.3 Å². The first-order valence-electron chi connectivity index (χ1n) is 8.30. The summed E-state index contributed by atoms with van der Waals surface area (Å²) >= 11 is 1.67. The Morgan fingerprint density at radius 2 is 1.92 bits per heavy atom. The standard InChI is InChI=1S/C20H18N4S/c1-2-4-13-6-8-14(9-7-13)15-11-16-19(21)22-12-23-20(16)24-18(15)17-5-3-10-25-17/h3,5-12H,2,4H2,1H3,(H2,21,22,23,24). The molecule has 0 amide bonds. The summed E-state index contributed by atoms with van der Waals surface area (Å²) in [6.45, 7) is 2.19. The summed E-state index contributed by atoms with van der Waals surface area (Å²) in [7, 11) is 0. The van der Waals surface area contributed by atoms with Crippen LogP contribution in [0.3, 0.4) is 0 Å². The molecule has 25 heavy (non-hydrogen) atoms. The van der Waals surface area contributed by atoms with E-state index >= 15 is 0 Å². The summed E-state index contributed by atoms with van der Waals surface area (Å²) in [6.07, 6.45) is 3.70. The molecule has 0 spiro atoms. The number of rotatable bonds is 4. The van der Waals surface area contributed by atoms with Crippen LogP contribution in [0.5, 0.6) is 0 Å². The van der Waals surface area contributed by atoms with Gasteiger partial charge in [-0.05, 0) is 35.1 Å². The van der Waals surface area contributed by atoms with Crippen LogP contribution in [0.2, 0.25) is 0 Å². The van der Waals surface area contributed by atoms with E-state index in [-0.39, 0.29) is 0 Å². The Labute approximate surface area is 150 Å². The Morgan fingerprint density at radius 3 is 2.64 bits per heavy atom. The quantitative estimate of drug-likeness (QED) is 0.567. The maximum absolute atomic E-state index is 6.05. The van der Waals surface area contributed by atoms with Crippen LogP contribution in [-0.4, -0.2) is 15.0 Å². The Hall–Kier alpha value is -2.79. The van der Waals surface area contributed by atoms with Crippen molar-refractivity contribution in [2.75, 3.05) is 5.73 Å². The number of hydrogen-bond acceptors (Lipinski definition) is 5. The second-order valence-electron chi connectivity index (χ2n) is 5.94. The van der Waals surface area contributed by atoms with E-state index in [2.05, 4.69) is 58.7 Å². The molecule has 0 aliphatic rings. The Morgan fingerprint density at radius 1 is 1.08 bits per heavy atom. The molecule has 1 aromatic carbocycles. The van der Waals surface area contributed by atoms with E-state index in [0.29, 0.717) is 11.5 Å². The average Bonchev–Trinajstić information content (AvgIpc) is 3.17. The number of pyridine rings is 1. The van der Waals surface area contributed by atoms with Crippen LogP contribution in [0.15, 0.2) is 54.2 Å². The predicted octanol–water partition coefficient (Wildman–Crippen LogP) is 4.96. The third kappa shape index (κ3) is 2.98. The van der Waals surface area contributed by atoms with Crippen molar-refractivity contribution in [1.29, 1.82) is 0 Å². The number of fused-ring (bicyclic) bond motifs is 1. The van der Waals surface area contributed by atoms with Crippen molar-refractivity contribution >= 4 is 28.2 Å². The van der Waals surface area contributed by atoms with Crippen molar-refractivity contribution in [3.63, 3.8) is 0 Å². The number of benzene rings is 1. The molecule has 3 heterocycles. The highest BCUT2D eigenvalue weighted by atomic mass is 32.1. The molecule has 3 aromatic heterocycles. The molecule has 4 aromatic rings. The van der Waals surface area contributed by atoms with Crippen LogP contribution < -0.4 is 5.73 Å². The van der Waals surface area contributed by atoms with Gasteiger partial charge >= 0.3 is 0 Å². The number of anilines is 1. The van der Waals surface area contributed by atoms with Crippen molar-refractivity contribution in [2.24, 2.45) is 0 Å². The molecule has 2 N–H and O–H groups in total. The smallest absolute Gasteiger partial charge is 0.165 e. The van der Waals surface area contributed by atoms with Crippen molar-refractivity contribution in [2.45, 2.75) is 19.8 Å². The van der Waals surface area contributed by atoms with Gasteiger partial charge in [0, 0.05) is 5.56 Å². The van der Waals surface area contributed by atoms with E-state index < -0.39 is 0 Å². The Kier molecular flexibility index (Phi) is 4.15. The van der Waals surface area contributed by atoms with Gasteiger partial charge in [0.05, 0.1) is 16.0 Å². The number of aromatic nitrogens is 3. The monoisotopic (exact) mass is 346 g/mol. The lowest BCUT2D eigenvalue weighted by atomic mass is 9.99. The summed E-state index contributed by atoms with van der Waals surface area (Å²) in [5.74, 6) is 0.457. The molecular formula is C20H18N4S. The Balaban J connectivity index is 1.94. The van der Waals surface area contributed by atoms with E-state index in [1.807, 2.05) is 6.07 Å². The van der Waals surface area contributed by atoms with Crippen molar-refractivity contribution in [3.8, 4) is 21.7 Å². The average molecular weight is 346 g/mol. The number of nitrogen functional groups attached to an aromatic ring is 1. The largest absolute Gasteiger partial charge is 0.383 e. The van der Waals surface area contributed by atoms with Crippen molar-refractivity contribution in [1.82, 2.24) is 15.0 Å². The topological polar surface area (TPSA) is 64.7 Å². The van der Waals surface area contributed by atoms with Gasteiger partial charge in [-0.1, -0.05) is 43.7 Å². The molecule has 0 unspecified atom stereocenters. The van der Waals surface area contributed by atoms with Crippen molar-refractivity contribution < 1.29 is 0 Å². The SMILES string of the molecule is CCCc1ccc(-c2cc3c(N)ncnc3nc2-c2cccs2)cc1. The predicted molar refractivity (Wildman–Crippen MR) is 104 cm³/mol. The molecule has 124 valence electrons. The van der Waals surface area contributed by atoms with Gasteiger partial charge in [-0.3, -0.25) is 0 Å². The lowest BCUT2D eigenvalue weighted by Gasteiger charge is -2.11. The summed E-state index contributed by atoms with van der Waals surface area (Å²) in [4.78, 5) is 14.3. The molecule has 0 saturated heterocycles. The molecule has 0 fully saturated rings. The normalized spacial score (nSPS) is 11.1. The highest BCUT2D eigenvalue weighted by Crippen LogP contribution is 2.36. The van der Waals surface area contributed by atoms with Crippen LogP contribution in [-0.2, 0) is 6.42 Å². The number of thiophene rings is 1. The van der Waals surface area contributed by atoms with Crippen molar-refractivity contribution in [3.05, 3.63) is 59.7 Å². The molecule has 0 radical (unpaired) electrons. The van der Waals surface area contributed by atoms with E-state index in [1.165, 1.54) is 11.9 Å². The van der Waals surface area contributed by atoms with Crippen LogP contribution >= 0.6 is 11.3 Å². The zero-order valence-electron chi connectivity index (χ0n) is 13.9. The summed E-state index contributed by atoms with van der Waals surface area (Å²) in [5, 5.41) is 2.85. The first kappa shape index (κ1) is 15.7. The molecule has 4 rings (SSSR count). The zero-order chi connectivity index (χ0) is 17.2. The fourth-order valence-electron chi connectivity index (χ4n) is 2.97. The molecule has 5 heteroatoms. The maximum atomic E-state index is 6.05. The molecule has 0 bridgehead atoms. The number of nitrogens with two attached hydrogens (primary N) is 1. The molecule has 0 aliphatic carbocycles. The molecule has 0 aliphatic heterocycles. The third-order valence-electron chi connectivity index (χ3n) is 4.21. The molecule has 0 atom stereocenters. The summed E-state index contributed by atoms with van der Waals surface area (Å²) in [6, 6.07) is 14.9. The van der Waals surface area contributed by atoms with Crippen LogP contribution in [0, 0.1) is 0 Å². The summed E-state index contributed by atoms with van der Waals surface area (Å²) in [5.41, 5.74) is 11.1. The minimum atomic E-state index is 0.457. The van der Waals surface area contributed by atoms with E-state index in [9.17, 15) is 0 Å². The lowest BCUT2D eigenvalue weighted by Crippen LogP contribution is -1.97. The highest BCUT2D eigenvalue weighted by Gasteiger charge is 2.14. The lowest BCUT2D eigenvalue weighted by molar-refractivity contribution is 0.922. The number of aryl methyl sites for hydroxylation is 1.